The van der Waals surface area contributed by atoms with Gasteiger partial charge in [-0.2, -0.15) is 4.98 Å². The Balaban J connectivity index is 2.75. The summed E-state index contributed by atoms with van der Waals surface area (Å²) >= 11 is 0. The maximum Gasteiger partial charge on any atom is 0.226 e. The van der Waals surface area contributed by atoms with Crippen LogP contribution in [0.25, 0.3) is 0 Å². The van der Waals surface area contributed by atoms with E-state index in [9.17, 15) is 0 Å². The summed E-state index contributed by atoms with van der Waals surface area (Å²) < 4.78 is 5.07. The van der Waals surface area contributed by atoms with Crippen molar-refractivity contribution in [3.05, 3.63) is 24.4 Å². The number of hydrogen-bond donors (Lipinski definition) is 1. The highest BCUT2D eigenvalue weighted by Crippen LogP contribution is 2.12. The largest absolute Gasteiger partial charge is 0.481 e. The van der Waals surface area contributed by atoms with Crippen LogP contribution in [0.1, 0.15) is 19.0 Å². The SMILES string of the molecule is C=CCC(C)Nc1nc(C)cc(OC)n1. The van der Waals surface area contributed by atoms with E-state index in [-0.39, 0.29) is 6.04 Å². The van der Waals surface area contributed by atoms with Gasteiger partial charge in [0, 0.05) is 17.8 Å². The first-order valence-electron chi connectivity index (χ1n) is 4.92. The standard InChI is InChI=1S/C11H17N3O/c1-5-6-8(2)12-11-13-9(3)7-10(14-11)15-4/h5,7-8H,1,6H2,2-4H3,(H,12,13,14). The summed E-state index contributed by atoms with van der Waals surface area (Å²) in [7, 11) is 1.60. The number of anilines is 1. The van der Waals surface area contributed by atoms with Crippen LogP contribution in [-0.4, -0.2) is 23.1 Å². The molecule has 0 aromatic carbocycles. The molecule has 1 atom stereocenters. The molecular formula is C11H17N3O. The minimum atomic E-state index is 0.272. The fraction of sp³-hybridized carbons (Fsp3) is 0.455. The molecule has 1 aromatic heterocycles. The molecule has 1 N–H and O–H groups in total. The van der Waals surface area contributed by atoms with Crippen molar-refractivity contribution in [3.8, 4) is 5.88 Å². The molecular weight excluding hydrogens is 190 g/mol. The Bertz CT molecular complexity index is 339. The van der Waals surface area contributed by atoms with Crippen LogP contribution in [0.15, 0.2) is 18.7 Å². The van der Waals surface area contributed by atoms with E-state index < -0.39 is 0 Å². The van der Waals surface area contributed by atoms with Gasteiger partial charge in [-0.1, -0.05) is 6.08 Å². The van der Waals surface area contributed by atoms with Gasteiger partial charge in [0.05, 0.1) is 7.11 Å². The lowest BCUT2D eigenvalue weighted by Gasteiger charge is -2.12. The highest BCUT2D eigenvalue weighted by molar-refractivity contribution is 5.31. The first-order chi connectivity index (χ1) is 7.15. The topological polar surface area (TPSA) is 47.0 Å². The summed E-state index contributed by atoms with van der Waals surface area (Å²) in [6.07, 6.45) is 2.74. The van der Waals surface area contributed by atoms with Gasteiger partial charge < -0.3 is 10.1 Å². The summed E-state index contributed by atoms with van der Waals surface area (Å²) in [5, 5.41) is 3.18. The summed E-state index contributed by atoms with van der Waals surface area (Å²) in [6, 6.07) is 2.07. The second-order valence-corrected chi connectivity index (χ2v) is 3.45. The third-order valence-electron chi connectivity index (χ3n) is 1.94. The van der Waals surface area contributed by atoms with E-state index in [4.69, 9.17) is 4.74 Å². The zero-order valence-corrected chi connectivity index (χ0v) is 9.45. The highest BCUT2D eigenvalue weighted by Gasteiger charge is 2.04. The quantitative estimate of drug-likeness (QED) is 0.752. The first kappa shape index (κ1) is 11.5. The molecule has 0 aliphatic heterocycles. The predicted octanol–water partition coefficient (Wildman–Crippen LogP) is 2.17. The summed E-state index contributed by atoms with van der Waals surface area (Å²) in [5.74, 6) is 1.18. The molecule has 15 heavy (non-hydrogen) atoms. The van der Waals surface area contributed by atoms with Crippen molar-refractivity contribution in [2.24, 2.45) is 0 Å². The van der Waals surface area contributed by atoms with Gasteiger partial charge in [-0.3, -0.25) is 0 Å². The molecule has 0 aliphatic carbocycles. The first-order valence-corrected chi connectivity index (χ1v) is 4.92. The Labute approximate surface area is 90.4 Å². The van der Waals surface area contributed by atoms with Gasteiger partial charge >= 0.3 is 0 Å². The van der Waals surface area contributed by atoms with Gasteiger partial charge in [0.15, 0.2) is 0 Å². The van der Waals surface area contributed by atoms with E-state index in [0.717, 1.165) is 12.1 Å². The van der Waals surface area contributed by atoms with E-state index in [0.29, 0.717) is 11.8 Å². The van der Waals surface area contributed by atoms with Crippen molar-refractivity contribution in [2.45, 2.75) is 26.3 Å². The number of ether oxygens (including phenoxy) is 1. The molecule has 1 heterocycles. The van der Waals surface area contributed by atoms with Crippen LogP contribution in [-0.2, 0) is 0 Å². The average molecular weight is 207 g/mol. The molecule has 0 radical (unpaired) electrons. The van der Waals surface area contributed by atoms with Crippen LogP contribution < -0.4 is 10.1 Å². The van der Waals surface area contributed by atoms with Crippen molar-refractivity contribution in [3.63, 3.8) is 0 Å². The molecule has 82 valence electrons. The van der Waals surface area contributed by atoms with E-state index in [1.54, 1.807) is 13.2 Å². The predicted molar refractivity (Wildman–Crippen MR) is 61.2 cm³/mol. The van der Waals surface area contributed by atoms with Gasteiger partial charge in [-0.15, -0.1) is 6.58 Å². The van der Waals surface area contributed by atoms with Crippen LogP contribution in [0.3, 0.4) is 0 Å². The number of rotatable bonds is 5. The van der Waals surface area contributed by atoms with Gasteiger partial charge in [0.25, 0.3) is 0 Å². The van der Waals surface area contributed by atoms with E-state index in [1.807, 2.05) is 13.0 Å². The molecule has 0 bridgehead atoms. The van der Waals surface area contributed by atoms with Crippen LogP contribution in [0.4, 0.5) is 5.95 Å². The zero-order valence-electron chi connectivity index (χ0n) is 9.45. The van der Waals surface area contributed by atoms with E-state index in [2.05, 4.69) is 28.8 Å². The molecule has 4 nitrogen and oxygen atoms in total. The van der Waals surface area contributed by atoms with Gasteiger partial charge in [0.1, 0.15) is 0 Å². The fourth-order valence-electron chi connectivity index (χ4n) is 1.24. The monoisotopic (exact) mass is 207 g/mol. The maximum atomic E-state index is 5.07. The van der Waals surface area contributed by atoms with Crippen LogP contribution in [0.5, 0.6) is 5.88 Å². The Morgan fingerprint density at radius 1 is 1.60 bits per heavy atom. The number of methoxy groups -OCH3 is 1. The third kappa shape index (κ3) is 3.58. The summed E-state index contributed by atoms with van der Waals surface area (Å²) in [6.45, 7) is 7.65. The smallest absolute Gasteiger partial charge is 0.226 e. The fourth-order valence-corrected chi connectivity index (χ4v) is 1.24. The van der Waals surface area contributed by atoms with Crippen LogP contribution in [0, 0.1) is 6.92 Å². The van der Waals surface area contributed by atoms with Crippen LogP contribution >= 0.6 is 0 Å². The maximum absolute atomic E-state index is 5.07. The second-order valence-electron chi connectivity index (χ2n) is 3.45. The molecule has 0 spiro atoms. The summed E-state index contributed by atoms with van der Waals surface area (Å²) in [5.41, 5.74) is 0.884. The second kappa shape index (κ2) is 5.34. The molecule has 4 heteroatoms. The minimum absolute atomic E-state index is 0.272. The van der Waals surface area contributed by atoms with Gasteiger partial charge in [0.2, 0.25) is 11.8 Å². The normalized spacial score (nSPS) is 11.9. The van der Waals surface area contributed by atoms with Crippen molar-refractivity contribution in [2.75, 3.05) is 12.4 Å². The zero-order chi connectivity index (χ0) is 11.3. The van der Waals surface area contributed by atoms with Gasteiger partial charge in [-0.05, 0) is 20.3 Å². The molecule has 0 amide bonds. The minimum Gasteiger partial charge on any atom is -0.481 e. The lowest BCUT2D eigenvalue weighted by atomic mass is 10.2. The number of nitrogens with one attached hydrogen (secondary N) is 1. The molecule has 0 saturated carbocycles. The molecule has 1 unspecified atom stereocenters. The number of hydrogen-bond acceptors (Lipinski definition) is 4. The van der Waals surface area contributed by atoms with E-state index in [1.165, 1.54) is 0 Å². The van der Waals surface area contributed by atoms with E-state index >= 15 is 0 Å². The molecule has 1 aromatic rings. The van der Waals surface area contributed by atoms with Crippen molar-refractivity contribution >= 4 is 5.95 Å². The number of nitrogens with zero attached hydrogens (tertiary/aromatic N) is 2. The average Bonchev–Trinajstić information content (AvgIpc) is 2.17. The number of aromatic nitrogens is 2. The van der Waals surface area contributed by atoms with Crippen molar-refractivity contribution < 1.29 is 4.74 Å². The Morgan fingerprint density at radius 3 is 2.93 bits per heavy atom. The van der Waals surface area contributed by atoms with Crippen molar-refractivity contribution in [1.82, 2.24) is 9.97 Å². The Hall–Kier alpha value is -1.58. The number of aryl methyl sites for hydroxylation is 1. The molecule has 0 aliphatic rings. The highest BCUT2D eigenvalue weighted by atomic mass is 16.5. The van der Waals surface area contributed by atoms with Crippen molar-refractivity contribution in [1.29, 1.82) is 0 Å². The Morgan fingerprint density at radius 2 is 2.33 bits per heavy atom. The van der Waals surface area contributed by atoms with Crippen LogP contribution in [0.2, 0.25) is 0 Å². The molecule has 1 rings (SSSR count). The lowest BCUT2D eigenvalue weighted by molar-refractivity contribution is 0.397. The molecule has 0 saturated heterocycles. The summed E-state index contributed by atoms with van der Waals surface area (Å²) in [4.78, 5) is 8.46. The lowest BCUT2D eigenvalue weighted by Crippen LogP contribution is -2.16. The Kier molecular flexibility index (Phi) is 4.09. The third-order valence-corrected chi connectivity index (χ3v) is 1.94. The van der Waals surface area contributed by atoms with Gasteiger partial charge in [-0.25, -0.2) is 4.98 Å². The molecule has 0 fully saturated rings.